The molecule has 1 amide bonds. The first kappa shape index (κ1) is 18.1. The Bertz CT molecular complexity index is 992. The van der Waals surface area contributed by atoms with Crippen LogP contribution in [0.1, 0.15) is 16.1 Å². The first-order valence-electron chi connectivity index (χ1n) is 8.83. The lowest BCUT2D eigenvalue weighted by atomic mass is 10.1. The minimum Gasteiger partial charge on any atom is -0.454 e. The first-order chi connectivity index (χ1) is 13.7. The average Bonchev–Trinajstić information content (AvgIpc) is 3.16. The van der Waals surface area contributed by atoms with Crippen molar-refractivity contribution in [1.29, 1.82) is 0 Å². The maximum atomic E-state index is 12.2. The average molecular weight is 396 g/mol. The van der Waals surface area contributed by atoms with Crippen LogP contribution < -0.4 is 20.1 Å². The van der Waals surface area contributed by atoms with Gasteiger partial charge in [0.2, 0.25) is 6.79 Å². The van der Waals surface area contributed by atoms with Gasteiger partial charge in [0.05, 0.1) is 11.9 Å². The quantitative estimate of drug-likeness (QED) is 0.655. The third kappa shape index (κ3) is 4.35. The summed E-state index contributed by atoms with van der Waals surface area (Å²) in [4.78, 5) is 16.5. The summed E-state index contributed by atoms with van der Waals surface area (Å²) in [6, 6.07) is 16.7. The van der Waals surface area contributed by atoms with Crippen LogP contribution in [0.2, 0.25) is 5.02 Å². The molecule has 6 nitrogen and oxygen atoms in total. The normalized spacial score (nSPS) is 11.9. The number of carbonyl (C=O) groups excluding carboxylic acids is 1. The highest BCUT2D eigenvalue weighted by Crippen LogP contribution is 2.35. The maximum Gasteiger partial charge on any atom is 0.269 e. The fourth-order valence-corrected chi connectivity index (χ4v) is 3.06. The van der Waals surface area contributed by atoms with Gasteiger partial charge in [0.1, 0.15) is 5.69 Å². The smallest absolute Gasteiger partial charge is 0.269 e. The summed E-state index contributed by atoms with van der Waals surface area (Å²) < 4.78 is 10.7. The molecule has 0 unspecified atom stereocenters. The van der Waals surface area contributed by atoms with E-state index in [1.807, 2.05) is 48.5 Å². The van der Waals surface area contributed by atoms with E-state index in [4.69, 9.17) is 21.1 Å². The molecule has 0 bridgehead atoms. The molecule has 0 aliphatic carbocycles. The van der Waals surface area contributed by atoms with E-state index >= 15 is 0 Å². The molecule has 0 atom stereocenters. The fraction of sp³-hybridized carbons (Fsp3) is 0.143. The Morgan fingerprint density at radius 2 is 1.89 bits per heavy atom. The summed E-state index contributed by atoms with van der Waals surface area (Å²) >= 11 is 5.97. The largest absolute Gasteiger partial charge is 0.454 e. The minimum absolute atomic E-state index is 0.211. The summed E-state index contributed by atoms with van der Waals surface area (Å²) in [5.41, 5.74) is 3.06. The van der Waals surface area contributed by atoms with Gasteiger partial charge in [0, 0.05) is 23.3 Å². The number of anilines is 2. The Balaban J connectivity index is 1.31. The zero-order chi connectivity index (χ0) is 19.3. The number of halogens is 1. The Morgan fingerprint density at radius 3 is 2.71 bits per heavy atom. The molecule has 1 aliphatic rings. The molecule has 1 aliphatic heterocycles. The van der Waals surface area contributed by atoms with Crippen molar-refractivity contribution in [3.8, 4) is 11.5 Å². The molecule has 2 N–H and O–H groups in total. The summed E-state index contributed by atoms with van der Waals surface area (Å²) in [7, 11) is 0. The van der Waals surface area contributed by atoms with Crippen LogP contribution in [0.4, 0.5) is 11.4 Å². The summed E-state index contributed by atoms with van der Waals surface area (Å²) in [6.45, 7) is 0.750. The number of amides is 1. The number of carbonyl (C=O) groups is 1. The van der Waals surface area contributed by atoms with Crippen LogP contribution in [0.3, 0.4) is 0 Å². The predicted octanol–water partition coefficient (Wildman–Crippen LogP) is 4.18. The maximum absolute atomic E-state index is 12.2. The van der Waals surface area contributed by atoms with E-state index in [2.05, 4.69) is 15.6 Å². The zero-order valence-electron chi connectivity index (χ0n) is 14.9. The molecule has 28 heavy (non-hydrogen) atoms. The van der Waals surface area contributed by atoms with Crippen molar-refractivity contribution < 1.29 is 14.3 Å². The van der Waals surface area contributed by atoms with Crippen LogP contribution in [-0.2, 0) is 6.42 Å². The number of nitrogens with zero attached hydrogens (tertiary/aromatic N) is 1. The number of pyridine rings is 1. The van der Waals surface area contributed by atoms with Gasteiger partial charge < -0.3 is 20.1 Å². The van der Waals surface area contributed by atoms with Crippen LogP contribution in [0.25, 0.3) is 0 Å². The molecule has 0 saturated heterocycles. The van der Waals surface area contributed by atoms with E-state index in [0.717, 1.165) is 22.7 Å². The van der Waals surface area contributed by atoms with Gasteiger partial charge in [-0.3, -0.25) is 4.79 Å². The molecular weight excluding hydrogens is 378 g/mol. The van der Waals surface area contributed by atoms with Crippen LogP contribution in [0.15, 0.2) is 60.8 Å². The van der Waals surface area contributed by atoms with Crippen molar-refractivity contribution in [2.45, 2.75) is 6.42 Å². The second kappa shape index (κ2) is 8.19. The zero-order valence-corrected chi connectivity index (χ0v) is 15.7. The Hall–Kier alpha value is -3.25. The van der Waals surface area contributed by atoms with Gasteiger partial charge in [0.15, 0.2) is 11.5 Å². The molecule has 3 aromatic rings. The molecule has 142 valence electrons. The number of benzene rings is 2. The predicted molar refractivity (Wildman–Crippen MR) is 108 cm³/mol. The number of hydrogen-bond donors (Lipinski definition) is 2. The molecule has 2 heterocycles. The van der Waals surface area contributed by atoms with Gasteiger partial charge in [-0.25, -0.2) is 4.98 Å². The Kier molecular flexibility index (Phi) is 5.30. The standard InChI is InChI=1S/C21H18ClN3O3/c22-15-3-1-2-14(10-15)8-9-23-21(26)18-6-4-17(12-24-18)25-16-5-7-19-20(11-16)28-13-27-19/h1-7,10-12,25H,8-9,13H2,(H,23,26). The molecule has 0 fully saturated rings. The van der Waals surface area contributed by atoms with E-state index in [-0.39, 0.29) is 12.7 Å². The lowest BCUT2D eigenvalue weighted by Gasteiger charge is -2.08. The monoisotopic (exact) mass is 395 g/mol. The second-order valence-electron chi connectivity index (χ2n) is 6.26. The van der Waals surface area contributed by atoms with E-state index in [0.29, 0.717) is 29.4 Å². The first-order valence-corrected chi connectivity index (χ1v) is 9.20. The highest BCUT2D eigenvalue weighted by Gasteiger charge is 2.13. The van der Waals surface area contributed by atoms with Gasteiger partial charge in [-0.15, -0.1) is 0 Å². The lowest BCUT2D eigenvalue weighted by molar-refractivity contribution is 0.0949. The SMILES string of the molecule is O=C(NCCc1cccc(Cl)c1)c1ccc(Nc2ccc3c(c2)OCO3)cn1. The van der Waals surface area contributed by atoms with Crippen LogP contribution >= 0.6 is 11.6 Å². The van der Waals surface area contributed by atoms with Crippen molar-refractivity contribution >= 4 is 28.9 Å². The molecule has 0 saturated carbocycles. The van der Waals surface area contributed by atoms with Crippen molar-refractivity contribution in [1.82, 2.24) is 10.3 Å². The van der Waals surface area contributed by atoms with E-state index in [1.54, 1.807) is 12.3 Å². The highest BCUT2D eigenvalue weighted by atomic mass is 35.5. The van der Waals surface area contributed by atoms with Gasteiger partial charge >= 0.3 is 0 Å². The van der Waals surface area contributed by atoms with Crippen molar-refractivity contribution in [2.75, 3.05) is 18.7 Å². The summed E-state index contributed by atoms with van der Waals surface area (Å²) in [6.07, 6.45) is 2.33. The summed E-state index contributed by atoms with van der Waals surface area (Å²) in [5.74, 6) is 1.22. The number of hydrogen-bond acceptors (Lipinski definition) is 5. The number of ether oxygens (including phenoxy) is 2. The van der Waals surface area contributed by atoms with E-state index in [9.17, 15) is 4.79 Å². The van der Waals surface area contributed by atoms with E-state index < -0.39 is 0 Å². The molecular formula is C21H18ClN3O3. The molecule has 2 aromatic carbocycles. The number of nitrogens with one attached hydrogen (secondary N) is 2. The molecule has 0 spiro atoms. The third-order valence-corrected chi connectivity index (χ3v) is 4.48. The van der Waals surface area contributed by atoms with Gasteiger partial charge in [-0.1, -0.05) is 23.7 Å². The fourth-order valence-electron chi connectivity index (χ4n) is 2.85. The van der Waals surface area contributed by atoms with Crippen molar-refractivity contribution in [3.05, 3.63) is 77.1 Å². The van der Waals surface area contributed by atoms with Crippen molar-refractivity contribution in [2.24, 2.45) is 0 Å². The summed E-state index contributed by atoms with van der Waals surface area (Å²) in [5, 5.41) is 6.79. The van der Waals surface area contributed by atoms with Crippen LogP contribution in [0, 0.1) is 0 Å². The molecule has 4 rings (SSSR count). The topological polar surface area (TPSA) is 72.5 Å². The Morgan fingerprint density at radius 1 is 1.04 bits per heavy atom. The molecule has 0 radical (unpaired) electrons. The van der Waals surface area contributed by atoms with Crippen molar-refractivity contribution in [3.63, 3.8) is 0 Å². The van der Waals surface area contributed by atoms with Gasteiger partial charge in [-0.2, -0.15) is 0 Å². The molecule has 7 heteroatoms. The third-order valence-electron chi connectivity index (χ3n) is 4.25. The minimum atomic E-state index is -0.211. The van der Waals surface area contributed by atoms with E-state index in [1.165, 1.54) is 0 Å². The van der Waals surface area contributed by atoms with Crippen LogP contribution in [-0.4, -0.2) is 24.2 Å². The highest BCUT2D eigenvalue weighted by molar-refractivity contribution is 6.30. The van der Waals surface area contributed by atoms with Gasteiger partial charge in [0.25, 0.3) is 5.91 Å². The second-order valence-corrected chi connectivity index (χ2v) is 6.70. The number of rotatable bonds is 6. The van der Waals surface area contributed by atoms with Gasteiger partial charge in [-0.05, 0) is 48.4 Å². The molecule has 1 aromatic heterocycles. The Labute approximate surface area is 167 Å². The van der Waals surface area contributed by atoms with Crippen LogP contribution in [0.5, 0.6) is 11.5 Å². The lowest BCUT2D eigenvalue weighted by Crippen LogP contribution is -2.26. The number of aromatic nitrogens is 1. The number of fused-ring (bicyclic) bond motifs is 1.